The molecule has 0 unspecified atom stereocenters. The third kappa shape index (κ3) is 4.93. The lowest BCUT2D eigenvalue weighted by Crippen LogP contribution is -2.49. The number of anilines is 1. The standard InChI is InChI=1S/C22H24ClN5O2/c1-22(2,3)25-20(29)13-28-19-10-9-15(23)11-17(19)16(14-7-5-4-6-8-14)12-18(21(28)30)26-27-24/h4-11,16,18H,12-13H2,1-3H3,(H,25,29)/t16-,18-/m1/s1. The van der Waals surface area contributed by atoms with Crippen molar-refractivity contribution in [3.05, 3.63) is 75.1 Å². The van der Waals surface area contributed by atoms with Gasteiger partial charge >= 0.3 is 0 Å². The highest BCUT2D eigenvalue weighted by Crippen LogP contribution is 2.41. The summed E-state index contributed by atoms with van der Waals surface area (Å²) in [6.07, 6.45) is 0.289. The van der Waals surface area contributed by atoms with Gasteiger partial charge in [0.15, 0.2) is 0 Å². The van der Waals surface area contributed by atoms with Gasteiger partial charge in [0.1, 0.15) is 12.6 Å². The third-order valence-corrected chi connectivity index (χ3v) is 5.11. The number of halogens is 1. The zero-order chi connectivity index (χ0) is 21.9. The van der Waals surface area contributed by atoms with E-state index in [1.165, 1.54) is 4.90 Å². The molecule has 2 amide bonds. The quantitative estimate of drug-likeness (QED) is 0.432. The van der Waals surface area contributed by atoms with Gasteiger partial charge in [-0.3, -0.25) is 9.59 Å². The van der Waals surface area contributed by atoms with Gasteiger partial charge in [-0.05, 0) is 62.0 Å². The highest BCUT2D eigenvalue weighted by molar-refractivity contribution is 6.30. The van der Waals surface area contributed by atoms with Gasteiger partial charge in [-0.1, -0.05) is 47.0 Å². The molecular formula is C22H24ClN5O2. The number of nitrogens with zero attached hydrogens (tertiary/aromatic N) is 4. The first-order valence-corrected chi connectivity index (χ1v) is 10.1. The number of amides is 2. The molecule has 8 heteroatoms. The van der Waals surface area contributed by atoms with Crippen molar-refractivity contribution in [2.24, 2.45) is 5.11 Å². The van der Waals surface area contributed by atoms with Crippen molar-refractivity contribution >= 4 is 29.1 Å². The minimum absolute atomic E-state index is 0.177. The molecule has 2 aromatic rings. The molecule has 0 spiro atoms. The van der Waals surface area contributed by atoms with E-state index in [2.05, 4.69) is 15.3 Å². The second-order valence-electron chi connectivity index (χ2n) is 8.35. The van der Waals surface area contributed by atoms with Gasteiger partial charge in [-0.15, -0.1) is 0 Å². The Morgan fingerprint density at radius 2 is 1.97 bits per heavy atom. The van der Waals surface area contributed by atoms with Crippen molar-refractivity contribution < 1.29 is 9.59 Å². The van der Waals surface area contributed by atoms with Gasteiger partial charge in [0.2, 0.25) is 11.8 Å². The summed E-state index contributed by atoms with van der Waals surface area (Å²) in [5.41, 5.74) is 11.0. The van der Waals surface area contributed by atoms with Crippen LogP contribution in [-0.4, -0.2) is 29.9 Å². The Bertz CT molecular complexity index is 996. The first-order chi connectivity index (χ1) is 14.2. The van der Waals surface area contributed by atoms with E-state index in [9.17, 15) is 9.59 Å². The van der Waals surface area contributed by atoms with Gasteiger partial charge in [0.25, 0.3) is 0 Å². The molecule has 1 aliphatic heterocycles. The van der Waals surface area contributed by atoms with Crippen molar-refractivity contribution in [3.63, 3.8) is 0 Å². The summed E-state index contributed by atoms with van der Waals surface area (Å²) in [5.74, 6) is -0.913. The van der Waals surface area contributed by atoms with E-state index >= 15 is 0 Å². The van der Waals surface area contributed by atoms with Crippen molar-refractivity contribution in [1.29, 1.82) is 0 Å². The van der Waals surface area contributed by atoms with E-state index in [4.69, 9.17) is 17.1 Å². The van der Waals surface area contributed by atoms with Gasteiger partial charge in [0.05, 0.1) is 0 Å². The Morgan fingerprint density at radius 3 is 2.60 bits per heavy atom. The fourth-order valence-corrected chi connectivity index (χ4v) is 3.90. The molecule has 1 N–H and O–H groups in total. The van der Waals surface area contributed by atoms with Crippen LogP contribution in [0.2, 0.25) is 5.02 Å². The number of fused-ring (bicyclic) bond motifs is 1. The number of hydrogen-bond acceptors (Lipinski definition) is 3. The Hall–Kier alpha value is -3.02. The molecule has 0 radical (unpaired) electrons. The van der Waals surface area contributed by atoms with Crippen LogP contribution in [0.3, 0.4) is 0 Å². The van der Waals surface area contributed by atoms with Crippen LogP contribution in [0.1, 0.15) is 44.2 Å². The Balaban J connectivity index is 2.12. The first-order valence-electron chi connectivity index (χ1n) is 9.70. The lowest BCUT2D eigenvalue weighted by atomic mass is 9.86. The van der Waals surface area contributed by atoms with E-state index in [0.29, 0.717) is 10.7 Å². The summed E-state index contributed by atoms with van der Waals surface area (Å²) in [6.45, 7) is 5.44. The molecule has 0 saturated carbocycles. The van der Waals surface area contributed by atoms with Crippen LogP contribution in [0.5, 0.6) is 0 Å². The highest BCUT2D eigenvalue weighted by atomic mass is 35.5. The average molecular weight is 426 g/mol. The molecule has 3 rings (SSSR count). The van der Waals surface area contributed by atoms with Crippen molar-refractivity contribution in [1.82, 2.24) is 5.32 Å². The Labute approximate surface area is 180 Å². The van der Waals surface area contributed by atoms with Crippen molar-refractivity contribution in [2.75, 3.05) is 11.4 Å². The fraction of sp³-hybridized carbons (Fsp3) is 0.364. The molecule has 0 aliphatic carbocycles. The Kier molecular flexibility index (Phi) is 6.34. The number of rotatable bonds is 4. The number of nitrogens with one attached hydrogen (secondary N) is 1. The smallest absolute Gasteiger partial charge is 0.240 e. The van der Waals surface area contributed by atoms with Crippen LogP contribution in [0.25, 0.3) is 10.4 Å². The number of carbonyl (C=O) groups is 2. The summed E-state index contributed by atoms with van der Waals surface area (Å²) in [4.78, 5) is 30.2. The lowest BCUT2D eigenvalue weighted by Gasteiger charge is -2.27. The monoisotopic (exact) mass is 425 g/mol. The largest absolute Gasteiger partial charge is 0.350 e. The third-order valence-electron chi connectivity index (χ3n) is 4.87. The number of benzene rings is 2. The van der Waals surface area contributed by atoms with Crippen LogP contribution in [0, 0.1) is 0 Å². The molecule has 1 heterocycles. The van der Waals surface area contributed by atoms with Crippen LogP contribution in [0.4, 0.5) is 5.69 Å². The molecule has 1 aliphatic rings. The van der Waals surface area contributed by atoms with E-state index in [-0.39, 0.29) is 24.8 Å². The highest BCUT2D eigenvalue weighted by Gasteiger charge is 2.36. The minimum atomic E-state index is -0.936. The molecule has 2 aromatic carbocycles. The van der Waals surface area contributed by atoms with Gasteiger partial charge < -0.3 is 10.2 Å². The van der Waals surface area contributed by atoms with E-state index in [0.717, 1.165) is 11.1 Å². The van der Waals surface area contributed by atoms with E-state index < -0.39 is 17.5 Å². The second-order valence-corrected chi connectivity index (χ2v) is 8.78. The molecule has 0 aromatic heterocycles. The van der Waals surface area contributed by atoms with Gasteiger partial charge in [0, 0.05) is 27.1 Å². The maximum atomic E-state index is 13.3. The van der Waals surface area contributed by atoms with Gasteiger partial charge in [-0.2, -0.15) is 0 Å². The van der Waals surface area contributed by atoms with E-state index in [1.54, 1.807) is 12.1 Å². The zero-order valence-corrected chi connectivity index (χ0v) is 17.9. The number of carbonyl (C=O) groups excluding carboxylic acids is 2. The molecule has 0 fully saturated rings. The van der Waals surface area contributed by atoms with Crippen LogP contribution in [-0.2, 0) is 9.59 Å². The number of azide groups is 1. The lowest BCUT2D eigenvalue weighted by molar-refractivity contribution is -0.125. The Morgan fingerprint density at radius 1 is 1.27 bits per heavy atom. The predicted molar refractivity (Wildman–Crippen MR) is 118 cm³/mol. The molecule has 0 saturated heterocycles. The molecule has 0 bridgehead atoms. The molecule has 7 nitrogen and oxygen atoms in total. The van der Waals surface area contributed by atoms with Crippen LogP contribution >= 0.6 is 11.6 Å². The average Bonchev–Trinajstić information content (AvgIpc) is 2.78. The van der Waals surface area contributed by atoms with Crippen molar-refractivity contribution in [2.45, 2.75) is 44.7 Å². The van der Waals surface area contributed by atoms with Crippen LogP contribution < -0.4 is 10.2 Å². The topological polar surface area (TPSA) is 98.2 Å². The maximum Gasteiger partial charge on any atom is 0.240 e. The second kappa shape index (κ2) is 8.78. The minimum Gasteiger partial charge on any atom is -0.350 e. The van der Waals surface area contributed by atoms with Crippen LogP contribution in [0.15, 0.2) is 53.6 Å². The van der Waals surface area contributed by atoms with Gasteiger partial charge in [-0.25, -0.2) is 0 Å². The zero-order valence-electron chi connectivity index (χ0n) is 17.2. The molecule has 30 heavy (non-hydrogen) atoms. The number of hydrogen-bond donors (Lipinski definition) is 1. The van der Waals surface area contributed by atoms with Crippen molar-refractivity contribution in [3.8, 4) is 0 Å². The normalized spacial score (nSPS) is 18.8. The summed E-state index contributed by atoms with van der Waals surface area (Å²) >= 11 is 6.29. The summed E-state index contributed by atoms with van der Waals surface area (Å²) in [6, 6.07) is 14.0. The summed E-state index contributed by atoms with van der Waals surface area (Å²) < 4.78 is 0. The molecule has 156 valence electrons. The SMILES string of the molecule is CC(C)(C)NC(=O)CN1C(=O)[C@H](N=[N+]=[N-])C[C@H](c2ccccc2)c2cc(Cl)ccc21. The summed E-state index contributed by atoms with van der Waals surface area (Å²) in [5, 5.41) is 7.17. The fourth-order valence-electron chi connectivity index (χ4n) is 3.72. The maximum absolute atomic E-state index is 13.3. The summed E-state index contributed by atoms with van der Waals surface area (Å²) in [7, 11) is 0. The first kappa shape index (κ1) is 21.7. The van der Waals surface area contributed by atoms with E-state index in [1.807, 2.05) is 57.2 Å². The molecular weight excluding hydrogens is 402 g/mol. The predicted octanol–water partition coefficient (Wildman–Crippen LogP) is 4.80. The molecule has 2 atom stereocenters.